The lowest BCUT2D eigenvalue weighted by molar-refractivity contribution is 0.919. The maximum atomic E-state index is 6.15. The molecule has 6 rings (SSSR count). The highest BCUT2D eigenvalue weighted by Crippen LogP contribution is 2.25. The lowest BCUT2D eigenvalue weighted by Gasteiger charge is -2.13. The van der Waals surface area contributed by atoms with Gasteiger partial charge in [-0.2, -0.15) is 0 Å². The van der Waals surface area contributed by atoms with Gasteiger partial charge in [-0.1, -0.05) is 54.6 Å². The fourth-order valence-corrected chi connectivity index (χ4v) is 2.87. The molecule has 0 heterocycles. The van der Waals surface area contributed by atoms with Crippen molar-refractivity contribution in [3.8, 4) is 0 Å². The van der Waals surface area contributed by atoms with E-state index in [-0.39, 0.29) is 0 Å². The van der Waals surface area contributed by atoms with Crippen LogP contribution in [0.25, 0.3) is 5.03 Å². The van der Waals surface area contributed by atoms with E-state index in [0.717, 1.165) is 31.2 Å². The van der Waals surface area contributed by atoms with E-state index in [0.29, 0.717) is 5.03 Å². The van der Waals surface area contributed by atoms with Crippen LogP contribution in [0.15, 0.2) is 49.0 Å². The summed E-state index contributed by atoms with van der Waals surface area (Å²) in [6.45, 7) is 3.90. The van der Waals surface area contributed by atoms with Gasteiger partial charge in [0.05, 0.1) is 0 Å². The van der Waals surface area contributed by atoms with Gasteiger partial charge in [0.1, 0.15) is 0 Å². The number of benzene rings is 2. The molecule has 1 heteroatoms. The molecule has 0 spiro atoms. The summed E-state index contributed by atoms with van der Waals surface area (Å²) in [7, 11) is 0. The molecule has 19 heavy (non-hydrogen) atoms. The molecule has 0 amide bonds. The standard InChI is InChI=1S/C18H17Cl/c1-13(19)18-12-16-7-6-14-2-4-15(5-3-14)8-10-17(18)11-9-16/h2-5,9,11-12H,1,6-8,10H2. The van der Waals surface area contributed by atoms with Gasteiger partial charge in [0.25, 0.3) is 0 Å². The zero-order chi connectivity index (χ0) is 13.2. The topological polar surface area (TPSA) is 0 Å². The molecule has 4 aliphatic carbocycles. The summed E-state index contributed by atoms with van der Waals surface area (Å²) >= 11 is 6.15. The molecule has 0 fully saturated rings. The van der Waals surface area contributed by atoms with Crippen LogP contribution in [-0.4, -0.2) is 0 Å². The molecule has 4 aliphatic rings. The molecule has 0 saturated carbocycles. The Kier molecular flexibility index (Phi) is 3.44. The minimum absolute atomic E-state index is 0.655. The summed E-state index contributed by atoms with van der Waals surface area (Å²) in [4.78, 5) is 0. The molecule has 0 radical (unpaired) electrons. The van der Waals surface area contributed by atoms with Crippen molar-refractivity contribution in [2.45, 2.75) is 25.7 Å². The first kappa shape index (κ1) is 12.5. The van der Waals surface area contributed by atoms with E-state index in [1.54, 1.807) is 0 Å². The average molecular weight is 269 g/mol. The highest BCUT2D eigenvalue weighted by atomic mass is 35.5. The molecule has 0 unspecified atom stereocenters. The third-order valence-corrected chi connectivity index (χ3v) is 4.08. The zero-order valence-electron chi connectivity index (χ0n) is 11.0. The first-order chi connectivity index (χ1) is 9.22. The molecular weight excluding hydrogens is 252 g/mol. The maximum Gasteiger partial charge on any atom is 0.0409 e. The number of aryl methyl sites for hydroxylation is 4. The van der Waals surface area contributed by atoms with E-state index < -0.39 is 0 Å². The third-order valence-electron chi connectivity index (χ3n) is 3.87. The van der Waals surface area contributed by atoms with E-state index in [1.807, 2.05) is 0 Å². The third kappa shape index (κ3) is 2.74. The summed E-state index contributed by atoms with van der Waals surface area (Å²) < 4.78 is 0. The number of hydrogen-bond donors (Lipinski definition) is 0. The summed E-state index contributed by atoms with van der Waals surface area (Å²) in [5.41, 5.74) is 6.55. The van der Waals surface area contributed by atoms with Crippen molar-refractivity contribution >= 4 is 16.6 Å². The molecule has 0 aliphatic heterocycles. The summed E-state index contributed by atoms with van der Waals surface area (Å²) in [5, 5.41) is 0.655. The van der Waals surface area contributed by atoms with Gasteiger partial charge in [-0.05, 0) is 59.6 Å². The Balaban J connectivity index is 2.03. The van der Waals surface area contributed by atoms with Gasteiger partial charge in [-0.3, -0.25) is 0 Å². The predicted molar refractivity (Wildman–Crippen MR) is 82.6 cm³/mol. The van der Waals surface area contributed by atoms with Crippen molar-refractivity contribution < 1.29 is 0 Å². The van der Waals surface area contributed by atoms with Crippen LogP contribution in [-0.2, 0) is 25.7 Å². The lowest BCUT2D eigenvalue weighted by Crippen LogP contribution is -2.00. The van der Waals surface area contributed by atoms with Gasteiger partial charge in [0.2, 0.25) is 0 Å². The smallest absolute Gasteiger partial charge is 0.0409 e. The number of rotatable bonds is 1. The first-order valence-corrected chi connectivity index (χ1v) is 7.14. The highest BCUT2D eigenvalue weighted by molar-refractivity contribution is 6.48. The molecule has 0 atom stereocenters. The summed E-state index contributed by atoms with van der Waals surface area (Å²) in [6.07, 6.45) is 4.20. The van der Waals surface area contributed by atoms with Gasteiger partial charge in [0, 0.05) is 5.03 Å². The molecule has 4 bridgehead atoms. The van der Waals surface area contributed by atoms with Crippen LogP contribution in [0.1, 0.15) is 27.8 Å². The zero-order valence-corrected chi connectivity index (χ0v) is 11.7. The van der Waals surface area contributed by atoms with E-state index in [2.05, 4.69) is 49.0 Å². The Hall–Kier alpha value is -1.53. The molecular formula is C18H17Cl. The second kappa shape index (κ2) is 5.22. The molecule has 0 nitrogen and oxygen atoms in total. The maximum absolute atomic E-state index is 6.15. The Morgan fingerprint density at radius 2 is 1.32 bits per heavy atom. The largest absolute Gasteiger partial charge is 0.0843 e. The molecule has 0 N–H and O–H groups in total. The average Bonchev–Trinajstić information content (AvgIpc) is 2.41. The van der Waals surface area contributed by atoms with Crippen LogP contribution in [0.3, 0.4) is 0 Å². The fraction of sp³-hybridized carbons (Fsp3) is 0.222. The second-order valence-corrected chi connectivity index (χ2v) is 5.67. The van der Waals surface area contributed by atoms with Gasteiger partial charge >= 0.3 is 0 Å². The van der Waals surface area contributed by atoms with Gasteiger partial charge in [-0.25, -0.2) is 0 Å². The summed E-state index contributed by atoms with van der Waals surface area (Å²) in [6, 6.07) is 15.7. The second-order valence-electron chi connectivity index (χ2n) is 5.21. The van der Waals surface area contributed by atoms with Crippen LogP contribution in [0.5, 0.6) is 0 Å². The SMILES string of the molecule is C=C(Cl)c1cc2ccc1CCc1ccc(cc1)CC2. The molecule has 2 aromatic rings. The van der Waals surface area contributed by atoms with Crippen molar-refractivity contribution in [2.24, 2.45) is 0 Å². The van der Waals surface area contributed by atoms with Crippen molar-refractivity contribution in [1.29, 1.82) is 0 Å². The van der Waals surface area contributed by atoms with Gasteiger partial charge in [-0.15, -0.1) is 0 Å². The molecule has 0 aromatic heterocycles. The van der Waals surface area contributed by atoms with Crippen LogP contribution in [0.2, 0.25) is 0 Å². The quantitative estimate of drug-likeness (QED) is 0.698. The van der Waals surface area contributed by atoms with Gasteiger partial charge in [0.15, 0.2) is 0 Å². The first-order valence-electron chi connectivity index (χ1n) is 6.77. The summed E-state index contributed by atoms with van der Waals surface area (Å²) in [5.74, 6) is 0. The fourth-order valence-electron chi connectivity index (χ4n) is 2.69. The van der Waals surface area contributed by atoms with E-state index in [4.69, 9.17) is 11.6 Å². The normalized spacial score (nSPS) is 13.9. The van der Waals surface area contributed by atoms with Crippen LogP contribution in [0.4, 0.5) is 0 Å². The van der Waals surface area contributed by atoms with E-state index >= 15 is 0 Å². The van der Waals surface area contributed by atoms with E-state index in [1.165, 1.54) is 22.3 Å². The monoisotopic (exact) mass is 268 g/mol. The Bertz CT molecular complexity index is 608. The Morgan fingerprint density at radius 1 is 0.789 bits per heavy atom. The van der Waals surface area contributed by atoms with Crippen molar-refractivity contribution in [3.63, 3.8) is 0 Å². The molecule has 2 aromatic carbocycles. The van der Waals surface area contributed by atoms with Crippen LogP contribution >= 0.6 is 11.6 Å². The van der Waals surface area contributed by atoms with Gasteiger partial charge < -0.3 is 0 Å². The van der Waals surface area contributed by atoms with Crippen molar-refractivity contribution in [2.75, 3.05) is 0 Å². The minimum Gasteiger partial charge on any atom is -0.0843 e. The lowest BCUT2D eigenvalue weighted by atomic mass is 9.93. The number of halogens is 1. The molecule has 96 valence electrons. The van der Waals surface area contributed by atoms with E-state index in [9.17, 15) is 0 Å². The minimum atomic E-state index is 0.655. The van der Waals surface area contributed by atoms with Crippen molar-refractivity contribution in [1.82, 2.24) is 0 Å². The highest BCUT2D eigenvalue weighted by Gasteiger charge is 2.08. The predicted octanol–water partition coefficient (Wildman–Crippen LogP) is 4.78. The van der Waals surface area contributed by atoms with Crippen molar-refractivity contribution in [3.05, 3.63) is 76.9 Å². The Labute approximate surface area is 119 Å². The number of hydrogen-bond acceptors (Lipinski definition) is 0. The van der Waals surface area contributed by atoms with Crippen LogP contribution < -0.4 is 0 Å². The molecule has 0 saturated heterocycles. The van der Waals surface area contributed by atoms with Crippen LogP contribution in [0, 0.1) is 0 Å². The Morgan fingerprint density at radius 3 is 1.95 bits per heavy atom.